The van der Waals surface area contributed by atoms with Crippen molar-refractivity contribution < 1.29 is 21.6 Å². The van der Waals surface area contributed by atoms with Gasteiger partial charge in [0.2, 0.25) is 15.6 Å². The standard InChI is InChI=1S/C16H17F3N2O3S/c1-10-4-2-3-7-21(10)25(23,24)11-5-6-14-12(8-11)13(16(17,18)19)9-15(22)20-14/h5-6,8-10H,2-4,7H2,1H3,(H,20,22). The molecule has 0 spiro atoms. The number of pyridine rings is 1. The second-order valence-corrected chi connectivity index (χ2v) is 8.10. The maximum absolute atomic E-state index is 13.2. The highest BCUT2D eigenvalue weighted by Gasteiger charge is 2.35. The van der Waals surface area contributed by atoms with E-state index in [-0.39, 0.29) is 21.8 Å². The first-order valence-electron chi connectivity index (χ1n) is 7.87. The Balaban J connectivity index is 2.18. The van der Waals surface area contributed by atoms with Crippen molar-refractivity contribution in [1.29, 1.82) is 0 Å². The van der Waals surface area contributed by atoms with Gasteiger partial charge in [0.25, 0.3) is 0 Å². The Morgan fingerprint density at radius 1 is 1.20 bits per heavy atom. The fourth-order valence-electron chi connectivity index (χ4n) is 3.19. The number of alkyl halides is 3. The number of hydrogen-bond donors (Lipinski definition) is 1. The number of aromatic amines is 1. The lowest BCUT2D eigenvalue weighted by atomic mass is 10.1. The van der Waals surface area contributed by atoms with Gasteiger partial charge < -0.3 is 4.98 Å². The van der Waals surface area contributed by atoms with Crippen molar-refractivity contribution in [2.75, 3.05) is 6.54 Å². The molecular formula is C16H17F3N2O3S. The van der Waals surface area contributed by atoms with E-state index in [2.05, 4.69) is 4.98 Å². The number of nitrogens with zero attached hydrogens (tertiary/aromatic N) is 1. The average Bonchev–Trinajstić information content (AvgIpc) is 2.53. The second kappa shape index (κ2) is 6.14. The van der Waals surface area contributed by atoms with Gasteiger partial charge in [-0.2, -0.15) is 17.5 Å². The number of hydrogen-bond acceptors (Lipinski definition) is 3. The first-order valence-corrected chi connectivity index (χ1v) is 9.31. The lowest BCUT2D eigenvalue weighted by Crippen LogP contribution is -2.41. The van der Waals surface area contributed by atoms with Gasteiger partial charge >= 0.3 is 6.18 Å². The number of nitrogens with one attached hydrogen (secondary N) is 1. The molecule has 0 radical (unpaired) electrons. The fraction of sp³-hybridized carbons (Fsp3) is 0.438. The van der Waals surface area contributed by atoms with Crippen LogP contribution in [0.1, 0.15) is 31.7 Å². The van der Waals surface area contributed by atoms with Crippen molar-refractivity contribution in [3.05, 3.63) is 40.2 Å². The number of piperidine rings is 1. The molecular weight excluding hydrogens is 357 g/mol. The zero-order valence-electron chi connectivity index (χ0n) is 13.4. The monoisotopic (exact) mass is 374 g/mol. The van der Waals surface area contributed by atoms with Crippen LogP contribution in [0.4, 0.5) is 13.2 Å². The van der Waals surface area contributed by atoms with Crippen LogP contribution in [0.25, 0.3) is 10.9 Å². The first kappa shape index (κ1) is 17.9. The van der Waals surface area contributed by atoms with Crippen molar-refractivity contribution >= 4 is 20.9 Å². The van der Waals surface area contributed by atoms with Gasteiger partial charge in [-0.1, -0.05) is 6.42 Å². The summed E-state index contributed by atoms with van der Waals surface area (Å²) in [5, 5.41) is -0.335. The number of sulfonamides is 1. The lowest BCUT2D eigenvalue weighted by molar-refractivity contribution is -0.136. The molecule has 0 bridgehead atoms. The summed E-state index contributed by atoms with van der Waals surface area (Å²) in [6, 6.07) is 3.67. The average molecular weight is 374 g/mol. The molecule has 9 heteroatoms. The molecule has 0 saturated carbocycles. The minimum atomic E-state index is -4.76. The zero-order valence-corrected chi connectivity index (χ0v) is 14.2. The van der Waals surface area contributed by atoms with Crippen LogP contribution in [-0.4, -0.2) is 30.3 Å². The zero-order chi connectivity index (χ0) is 18.4. The molecule has 2 aromatic rings. The molecule has 1 aliphatic rings. The summed E-state index contributed by atoms with van der Waals surface area (Å²) >= 11 is 0. The SMILES string of the molecule is CC1CCCCN1S(=O)(=O)c1ccc2[nH]c(=O)cc(C(F)(F)F)c2c1. The minimum Gasteiger partial charge on any atom is -0.322 e. The van der Waals surface area contributed by atoms with Crippen molar-refractivity contribution in [1.82, 2.24) is 9.29 Å². The molecule has 0 aliphatic carbocycles. The van der Waals surface area contributed by atoms with Gasteiger partial charge in [-0.3, -0.25) is 4.79 Å². The third-order valence-electron chi connectivity index (χ3n) is 4.47. The van der Waals surface area contributed by atoms with E-state index in [1.54, 1.807) is 6.92 Å². The van der Waals surface area contributed by atoms with Gasteiger partial charge in [-0.05, 0) is 38.0 Å². The van der Waals surface area contributed by atoms with Gasteiger partial charge in [0.1, 0.15) is 0 Å². The summed E-state index contributed by atoms with van der Waals surface area (Å²) in [5.41, 5.74) is -2.08. The van der Waals surface area contributed by atoms with E-state index < -0.39 is 27.3 Å². The Hall–Kier alpha value is -1.87. The summed E-state index contributed by atoms with van der Waals surface area (Å²) in [4.78, 5) is 13.5. The van der Waals surface area contributed by atoms with E-state index in [0.29, 0.717) is 19.0 Å². The highest BCUT2D eigenvalue weighted by atomic mass is 32.2. The maximum Gasteiger partial charge on any atom is 0.417 e. The Morgan fingerprint density at radius 3 is 2.56 bits per heavy atom. The normalized spacial score (nSPS) is 20.1. The van der Waals surface area contributed by atoms with E-state index >= 15 is 0 Å². The highest BCUT2D eigenvalue weighted by Crippen LogP contribution is 2.35. The first-order chi connectivity index (χ1) is 11.6. The molecule has 1 aliphatic heterocycles. The van der Waals surface area contributed by atoms with Gasteiger partial charge in [0.15, 0.2) is 0 Å². The summed E-state index contributed by atoms with van der Waals surface area (Å²) in [5.74, 6) is 0. The fourth-order valence-corrected chi connectivity index (χ4v) is 4.92. The molecule has 25 heavy (non-hydrogen) atoms. The van der Waals surface area contributed by atoms with Gasteiger partial charge in [0, 0.05) is 29.6 Å². The lowest BCUT2D eigenvalue weighted by Gasteiger charge is -2.32. The molecule has 1 N–H and O–H groups in total. The predicted octanol–water partition coefficient (Wildman–Crippen LogP) is 3.11. The number of fused-ring (bicyclic) bond motifs is 1. The summed E-state index contributed by atoms with van der Waals surface area (Å²) < 4.78 is 66.7. The molecule has 1 aromatic heterocycles. The summed E-state index contributed by atoms with van der Waals surface area (Å²) in [6.45, 7) is 2.13. The number of halogens is 3. The van der Waals surface area contributed by atoms with Crippen molar-refractivity contribution in [3.63, 3.8) is 0 Å². The van der Waals surface area contributed by atoms with Crippen LogP contribution in [0, 0.1) is 0 Å². The Labute approximate surface area is 142 Å². The molecule has 1 unspecified atom stereocenters. The molecule has 1 fully saturated rings. The predicted molar refractivity (Wildman–Crippen MR) is 86.8 cm³/mol. The van der Waals surface area contributed by atoms with Crippen LogP contribution in [-0.2, 0) is 16.2 Å². The number of aromatic nitrogens is 1. The largest absolute Gasteiger partial charge is 0.417 e. The minimum absolute atomic E-state index is 0.0505. The number of rotatable bonds is 2. The van der Waals surface area contributed by atoms with Gasteiger partial charge in [-0.15, -0.1) is 0 Å². The van der Waals surface area contributed by atoms with Crippen LogP contribution < -0.4 is 5.56 Å². The Morgan fingerprint density at radius 2 is 1.92 bits per heavy atom. The van der Waals surface area contributed by atoms with Crippen molar-refractivity contribution in [2.45, 2.75) is 43.3 Å². The van der Waals surface area contributed by atoms with E-state index in [0.717, 1.165) is 18.9 Å². The number of benzene rings is 1. The molecule has 0 amide bonds. The van der Waals surface area contributed by atoms with E-state index in [1.807, 2.05) is 0 Å². The summed E-state index contributed by atoms with van der Waals surface area (Å²) in [6.07, 6.45) is -2.40. The molecule has 136 valence electrons. The van der Waals surface area contributed by atoms with Crippen molar-refractivity contribution in [3.8, 4) is 0 Å². The molecule has 2 heterocycles. The molecule has 3 rings (SSSR count). The topological polar surface area (TPSA) is 70.2 Å². The van der Waals surface area contributed by atoms with Crippen LogP contribution >= 0.6 is 0 Å². The molecule has 1 atom stereocenters. The Bertz CT molecular complexity index is 967. The van der Waals surface area contributed by atoms with Crippen LogP contribution in [0.2, 0.25) is 0 Å². The second-order valence-electron chi connectivity index (χ2n) is 6.21. The highest BCUT2D eigenvalue weighted by molar-refractivity contribution is 7.89. The Kier molecular flexibility index (Phi) is 4.40. The van der Waals surface area contributed by atoms with Crippen LogP contribution in [0.5, 0.6) is 0 Å². The third-order valence-corrected chi connectivity index (χ3v) is 6.48. The molecule has 5 nitrogen and oxygen atoms in total. The van der Waals surface area contributed by atoms with Gasteiger partial charge in [0.05, 0.1) is 10.5 Å². The molecule has 1 saturated heterocycles. The summed E-state index contributed by atoms with van der Waals surface area (Å²) in [7, 11) is -3.90. The molecule has 1 aromatic carbocycles. The van der Waals surface area contributed by atoms with E-state index in [4.69, 9.17) is 0 Å². The van der Waals surface area contributed by atoms with Crippen molar-refractivity contribution in [2.24, 2.45) is 0 Å². The van der Waals surface area contributed by atoms with E-state index in [1.165, 1.54) is 16.4 Å². The quantitative estimate of drug-likeness (QED) is 0.878. The van der Waals surface area contributed by atoms with Crippen LogP contribution in [0.15, 0.2) is 34.0 Å². The van der Waals surface area contributed by atoms with E-state index in [9.17, 15) is 26.4 Å². The number of H-pyrrole nitrogens is 1. The van der Waals surface area contributed by atoms with Gasteiger partial charge in [-0.25, -0.2) is 8.42 Å². The third kappa shape index (κ3) is 3.30. The van der Waals surface area contributed by atoms with Crippen LogP contribution in [0.3, 0.4) is 0 Å². The smallest absolute Gasteiger partial charge is 0.322 e. The maximum atomic E-state index is 13.2.